The van der Waals surface area contributed by atoms with Gasteiger partial charge in [-0.05, 0) is 24.6 Å². The van der Waals surface area contributed by atoms with E-state index in [4.69, 9.17) is 15.2 Å². The van der Waals surface area contributed by atoms with Crippen molar-refractivity contribution in [2.75, 3.05) is 13.2 Å². The van der Waals surface area contributed by atoms with Crippen molar-refractivity contribution in [2.45, 2.75) is 37.7 Å². The van der Waals surface area contributed by atoms with Gasteiger partial charge in [-0.25, -0.2) is 13.8 Å². The van der Waals surface area contributed by atoms with Crippen LogP contribution < -0.4 is 15.2 Å². The quantitative estimate of drug-likeness (QED) is 0.565. The second-order valence-electron chi connectivity index (χ2n) is 7.38. The summed E-state index contributed by atoms with van der Waals surface area (Å²) in [6.45, 7) is 2.23. The molecule has 9 heteroatoms. The Kier molecular flexibility index (Phi) is 5.59. The van der Waals surface area contributed by atoms with Crippen LogP contribution in [0.4, 0.5) is 8.78 Å². The predicted octanol–water partition coefficient (Wildman–Crippen LogP) is 2.07. The van der Waals surface area contributed by atoms with Gasteiger partial charge in [-0.2, -0.15) is 0 Å². The molecule has 1 fully saturated rings. The molecule has 0 radical (unpaired) electrons. The van der Waals surface area contributed by atoms with Crippen molar-refractivity contribution in [3.63, 3.8) is 0 Å². The molecule has 2 heterocycles. The number of aryl methyl sites for hydroxylation is 1. The van der Waals surface area contributed by atoms with E-state index in [1.807, 2.05) is 19.1 Å². The Morgan fingerprint density at radius 2 is 1.90 bits per heavy atom. The summed E-state index contributed by atoms with van der Waals surface area (Å²) in [6, 6.07) is 5.03. The van der Waals surface area contributed by atoms with E-state index in [0.717, 1.165) is 23.1 Å². The molecule has 1 aliphatic rings. The van der Waals surface area contributed by atoms with E-state index in [2.05, 4.69) is 4.98 Å². The zero-order valence-corrected chi connectivity index (χ0v) is 16.3. The number of aliphatic hydroxyl groups excluding tert-OH is 2. The highest BCUT2D eigenvalue weighted by Gasteiger charge is 2.44. The molecule has 0 amide bonds. The van der Waals surface area contributed by atoms with Crippen molar-refractivity contribution in [1.82, 2.24) is 9.55 Å². The maximum atomic E-state index is 13.8. The number of halogens is 2. The summed E-state index contributed by atoms with van der Waals surface area (Å²) in [5.41, 5.74) is 7.14. The first-order chi connectivity index (χ1) is 14.4. The average Bonchev–Trinajstić information content (AvgIpc) is 3.27. The van der Waals surface area contributed by atoms with Crippen LogP contribution >= 0.6 is 0 Å². The zero-order chi connectivity index (χ0) is 21.4. The van der Waals surface area contributed by atoms with Crippen LogP contribution in [0.25, 0.3) is 11.0 Å². The molecular formula is C21H23F2N3O4. The van der Waals surface area contributed by atoms with Gasteiger partial charge in [-0.15, -0.1) is 0 Å². The first-order valence-electron chi connectivity index (χ1n) is 9.67. The van der Waals surface area contributed by atoms with Crippen molar-refractivity contribution < 1.29 is 28.5 Å². The Bertz CT molecular complexity index is 1060. The molecule has 1 aliphatic carbocycles. The molecule has 4 N–H and O–H groups in total. The highest BCUT2D eigenvalue weighted by Crippen LogP contribution is 2.38. The number of nitrogens with zero attached hydrogens (tertiary/aromatic N) is 2. The number of ether oxygens (including phenoxy) is 2. The fraction of sp³-hybridized carbons (Fsp3) is 0.381. The zero-order valence-electron chi connectivity index (χ0n) is 16.3. The minimum atomic E-state index is -1.24. The summed E-state index contributed by atoms with van der Waals surface area (Å²) < 4.78 is 40.3. The molecule has 30 heavy (non-hydrogen) atoms. The molecular weight excluding hydrogens is 396 g/mol. The summed E-state index contributed by atoms with van der Waals surface area (Å²) in [4.78, 5) is 4.39. The number of hydrogen-bond donors (Lipinski definition) is 3. The largest absolute Gasteiger partial charge is 0.488 e. The molecule has 1 saturated carbocycles. The Hall–Kier alpha value is -2.75. The standard InChI is InChI=1S/C21H23F2N3O4/c1-11-2-5-25-21-12(11)3-6-26(21)15-10-18(20(28)19(15)27)30-17-9-14(23)13(22)8-16(17)29-7-4-24/h2-3,5-6,8-9,15,18-20,27-28H,4,7,10,24H2,1H3/t15-,18+,19+,20-/m1/s1. The maximum absolute atomic E-state index is 13.8. The van der Waals surface area contributed by atoms with Gasteiger partial charge in [0, 0.05) is 42.9 Å². The number of pyridine rings is 1. The normalized spacial score (nSPS) is 23.8. The number of aliphatic hydroxyl groups is 2. The van der Waals surface area contributed by atoms with Crippen molar-refractivity contribution in [2.24, 2.45) is 5.73 Å². The van der Waals surface area contributed by atoms with Crippen LogP contribution in [0.2, 0.25) is 0 Å². The van der Waals surface area contributed by atoms with Crippen LogP contribution in [0.15, 0.2) is 36.7 Å². The first kappa shape index (κ1) is 20.5. The lowest BCUT2D eigenvalue weighted by Gasteiger charge is -2.20. The van der Waals surface area contributed by atoms with Gasteiger partial charge >= 0.3 is 0 Å². The molecule has 0 unspecified atom stereocenters. The van der Waals surface area contributed by atoms with Gasteiger partial charge in [-0.1, -0.05) is 0 Å². The molecule has 1 aromatic carbocycles. The summed E-state index contributed by atoms with van der Waals surface area (Å²) in [7, 11) is 0. The summed E-state index contributed by atoms with van der Waals surface area (Å²) in [5, 5.41) is 22.2. The van der Waals surface area contributed by atoms with Gasteiger partial charge in [0.1, 0.15) is 30.6 Å². The molecule has 0 bridgehead atoms. The molecule has 0 aliphatic heterocycles. The van der Waals surface area contributed by atoms with Crippen LogP contribution in [-0.2, 0) is 0 Å². The molecule has 160 valence electrons. The van der Waals surface area contributed by atoms with E-state index in [9.17, 15) is 19.0 Å². The van der Waals surface area contributed by atoms with Gasteiger partial charge in [0.25, 0.3) is 0 Å². The van der Waals surface area contributed by atoms with E-state index in [0.29, 0.717) is 5.65 Å². The van der Waals surface area contributed by atoms with Gasteiger partial charge in [0.2, 0.25) is 0 Å². The van der Waals surface area contributed by atoms with Crippen LogP contribution in [0.1, 0.15) is 18.0 Å². The molecule has 4 rings (SSSR count). The minimum Gasteiger partial charge on any atom is -0.488 e. The van der Waals surface area contributed by atoms with Crippen molar-refractivity contribution in [3.05, 3.63) is 53.9 Å². The van der Waals surface area contributed by atoms with Gasteiger partial charge in [0.05, 0.1) is 6.04 Å². The number of benzene rings is 1. The average molecular weight is 419 g/mol. The van der Waals surface area contributed by atoms with Crippen LogP contribution in [-0.4, -0.2) is 51.2 Å². The Labute approximate surface area is 171 Å². The molecule has 0 saturated heterocycles. The van der Waals surface area contributed by atoms with Crippen molar-refractivity contribution >= 4 is 11.0 Å². The van der Waals surface area contributed by atoms with Crippen LogP contribution in [0, 0.1) is 18.6 Å². The molecule has 2 aromatic heterocycles. The fourth-order valence-electron chi connectivity index (χ4n) is 3.87. The lowest BCUT2D eigenvalue weighted by molar-refractivity contribution is -0.0171. The third-order valence-corrected chi connectivity index (χ3v) is 5.43. The van der Waals surface area contributed by atoms with Crippen molar-refractivity contribution in [1.29, 1.82) is 0 Å². The maximum Gasteiger partial charge on any atom is 0.164 e. The van der Waals surface area contributed by atoms with E-state index in [1.165, 1.54) is 0 Å². The summed E-state index contributed by atoms with van der Waals surface area (Å²) in [5.74, 6) is -2.27. The predicted molar refractivity (Wildman–Crippen MR) is 105 cm³/mol. The molecule has 4 atom stereocenters. The number of rotatable bonds is 6. The van der Waals surface area contributed by atoms with E-state index in [-0.39, 0.29) is 31.1 Å². The second kappa shape index (κ2) is 8.17. The van der Waals surface area contributed by atoms with Crippen LogP contribution in [0.5, 0.6) is 11.5 Å². The Balaban J connectivity index is 1.61. The lowest BCUT2D eigenvalue weighted by atomic mass is 10.2. The summed E-state index contributed by atoms with van der Waals surface area (Å²) in [6.07, 6.45) is 0.483. The van der Waals surface area contributed by atoms with E-state index < -0.39 is 36.0 Å². The van der Waals surface area contributed by atoms with Gasteiger partial charge in [0.15, 0.2) is 23.1 Å². The van der Waals surface area contributed by atoms with Gasteiger partial charge in [-0.3, -0.25) is 0 Å². The molecule has 7 nitrogen and oxygen atoms in total. The highest BCUT2D eigenvalue weighted by atomic mass is 19.2. The van der Waals surface area contributed by atoms with Crippen molar-refractivity contribution in [3.8, 4) is 11.5 Å². The SMILES string of the molecule is Cc1ccnc2c1ccn2[C@@H]1C[C@H](Oc2cc(F)c(F)cc2OCCN)[C@@H](O)[C@H]1O. The number of fused-ring (bicyclic) bond motifs is 1. The monoisotopic (exact) mass is 419 g/mol. The first-order valence-corrected chi connectivity index (χ1v) is 9.67. The summed E-state index contributed by atoms with van der Waals surface area (Å²) >= 11 is 0. The lowest BCUT2D eigenvalue weighted by Crippen LogP contribution is -2.34. The minimum absolute atomic E-state index is 0.0202. The van der Waals surface area contributed by atoms with Gasteiger partial charge < -0.3 is 30.0 Å². The molecule has 0 spiro atoms. The highest BCUT2D eigenvalue weighted by molar-refractivity contribution is 5.79. The topological polar surface area (TPSA) is 103 Å². The van der Waals surface area contributed by atoms with Crippen LogP contribution in [0.3, 0.4) is 0 Å². The van der Waals surface area contributed by atoms with E-state index >= 15 is 0 Å². The molecule has 3 aromatic rings. The Morgan fingerprint density at radius 1 is 1.17 bits per heavy atom. The third kappa shape index (κ3) is 3.60. The second-order valence-corrected chi connectivity index (χ2v) is 7.38. The smallest absolute Gasteiger partial charge is 0.164 e. The van der Waals surface area contributed by atoms with E-state index in [1.54, 1.807) is 17.0 Å². The number of aromatic nitrogens is 2. The fourth-order valence-corrected chi connectivity index (χ4v) is 3.87. The third-order valence-electron chi connectivity index (χ3n) is 5.43. The number of hydrogen-bond acceptors (Lipinski definition) is 6. The number of nitrogens with two attached hydrogens (primary N) is 1. The Morgan fingerprint density at radius 3 is 2.63 bits per heavy atom.